The lowest BCUT2D eigenvalue weighted by atomic mass is 10.0. The average Bonchev–Trinajstić information content (AvgIpc) is 2.72. The summed E-state index contributed by atoms with van der Waals surface area (Å²) < 4.78 is 16.2. The van der Waals surface area contributed by atoms with Gasteiger partial charge in [-0.3, -0.25) is 9.69 Å². The Labute approximate surface area is 172 Å². The minimum atomic E-state index is -0.571. The molecule has 2 aliphatic rings. The standard InChI is InChI=1S/C21H31N3O5/c1-4-27-21(26)22-19(15(2)3)20(25)24-9-7-23(8-10-24)14-16-5-6-17-18(13-16)29-12-11-28-17/h5-6,13,15,19H,4,7-12,14H2,1-3H3,(H,22,26). The van der Waals surface area contributed by atoms with Crippen LogP contribution in [0.1, 0.15) is 26.3 Å². The van der Waals surface area contributed by atoms with E-state index >= 15 is 0 Å². The van der Waals surface area contributed by atoms with Crippen LogP contribution in [0.5, 0.6) is 11.5 Å². The van der Waals surface area contributed by atoms with E-state index in [-0.39, 0.29) is 18.4 Å². The molecule has 1 fully saturated rings. The molecule has 1 saturated heterocycles. The van der Waals surface area contributed by atoms with Gasteiger partial charge in [0.15, 0.2) is 11.5 Å². The third-order valence-corrected chi connectivity index (χ3v) is 5.18. The highest BCUT2D eigenvalue weighted by atomic mass is 16.6. The Bertz CT molecular complexity index is 716. The molecular formula is C21H31N3O5. The number of ether oxygens (including phenoxy) is 3. The smallest absolute Gasteiger partial charge is 0.407 e. The molecule has 0 aliphatic carbocycles. The van der Waals surface area contributed by atoms with Crippen LogP contribution < -0.4 is 14.8 Å². The second-order valence-electron chi connectivity index (χ2n) is 7.67. The van der Waals surface area contributed by atoms with E-state index in [2.05, 4.69) is 16.3 Å². The van der Waals surface area contributed by atoms with Gasteiger partial charge in [0.05, 0.1) is 6.61 Å². The van der Waals surface area contributed by atoms with Crippen LogP contribution in [0.2, 0.25) is 0 Å². The van der Waals surface area contributed by atoms with Crippen molar-refractivity contribution in [3.63, 3.8) is 0 Å². The number of alkyl carbamates (subject to hydrolysis) is 1. The number of hydrogen-bond acceptors (Lipinski definition) is 6. The van der Waals surface area contributed by atoms with Crippen LogP contribution in [0.3, 0.4) is 0 Å². The van der Waals surface area contributed by atoms with Gasteiger partial charge < -0.3 is 24.4 Å². The first kappa shape index (κ1) is 21.2. The predicted molar refractivity (Wildman–Crippen MR) is 108 cm³/mol. The summed E-state index contributed by atoms with van der Waals surface area (Å²) in [6.07, 6.45) is -0.545. The van der Waals surface area contributed by atoms with Crippen molar-refractivity contribution in [2.24, 2.45) is 5.92 Å². The highest BCUT2D eigenvalue weighted by Gasteiger charge is 2.31. The second-order valence-corrected chi connectivity index (χ2v) is 7.67. The zero-order chi connectivity index (χ0) is 20.8. The van der Waals surface area contributed by atoms with Crippen molar-refractivity contribution in [2.45, 2.75) is 33.4 Å². The molecule has 0 spiro atoms. The first-order chi connectivity index (χ1) is 14.0. The van der Waals surface area contributed by atoms with E-state index in [1.54, 1.807) is 6.92 Å². The fourth-order valence-corrected chi connectivity index (χ4v) is 3.58. The fraction of sp³-hybridized carbons (Fsp3) is 0.619. The normalized spacial score (nSPS) is 17.7. The maximum absolute atomic E-state index is 12.9. The number of rotatable bonds is 6. The van der Waals surface area contributed by atoms with E-state index in [0.717, 1.165) is 36.7 Å². The van der Waals surface area contributed by atoms with Crippen LogP contribution in [-0.2, 0) is 16.1 Å². The molecule has 8 heteroatoms. The summed E-state index contributed by atoms with van der Waals surface area (Å²) in [5.74, 6) is 1.53. The number of nitrogens with one attached hydrogen (secondary N) is 1. The summed E-state index contributed by atoms with van der Waals surface area (Å²) >= 11 is 0. The average molecular weight is 405 g/mol. The molecule has 1 atom stereocenters. The quantitative estimate of drug-likeness (QED) is 0.778. The van der Waals surface area contributed by atoms with Crippen molar-refractivity contribution < 1.29 is 23.8 Å². The van der Waals surface area contributed by atoms with E-state index in [1.807, 2.05) is 30.9 Å². The second kappa shape index (κ2) is 9.82. The van der Waals surface area contributed by atoms with Crippen molar-refractivity contribution in [1.82, 2.24) is 15.1 Å². The lowest BCUT2D eigenvalue weighted by Gasteiger charge is -2.37. The van der Waals surface area contributed by atoms with Gasteiger partial charge in [-0.25, -0.2) is 4.79 Å². The highest BCUT2D eigenvalue weighted by Crippen LogP contribution is 2.31. The van der Waals surface area contributed by atoms with E-state index in [9.17, 15) is 9.59 Å². The van der Waals surface area contributed by atoms with Crippen LogP contribution in [-0.4, -0.2) is 73.8 Å². The van der Waals surface area contributed by atoms with Gasteiger partial charge in [0.25, 0.3) is 0 Å². The number of hydrogen-bond donors (Lipinski definition) is 1. The summed E-state index contributed by atoms with van der Waals surface area (Å²) in [5, 5.41) is 2.70. The number of fused-ring (bicyclic) bond motifs is 1. The molecule has 1 N–H and O–H groups in total. The van der Waals surface area contributed by atoms with Gasteiger partial charge in [-0.1, -0.05) is 19.9 Å². The number of nitrogens with zero attached hydrogens (tertiary/aromatic N) is 2. The molecular weight excluding hydrogens is 374 g/mol. The highest BCUT2D eigenvalue weighted by molar-refractivity contribution is 5.86. The molecule has 0 saturated carbocycles. The number of carbonyl (C=O) groups is 2. The summed E-state index contributed by atoms with van der Waals surface area (Å²) in [6, 6.07) is 5.48. The molecule has 0 bridgehead atoms. The zero-order valence-electron chi connectivity index (χ0n) is 17.5. The van der Waals surface area contributed by atoms with Crippen LogP contribution in [0.4, 0.5) is 4.79 Å². The number of benzene rings is 1. The van der Waals surface area contributed by atoms with Gasteiger partial charge >= 0.3 is 6.09 Å². The Balaban J connectivity index is 1.52. The largest absolute Gasteiger partial charge is 0.486 e. The molecule has 0 radical (unpaired) electrons. The Morgan fingerprint density at radius 1 is 1.10 bits per heavy atom. The molecule has 8 nitrogen and oxygen atoms in total. The zero-order valence-corrected chi connectivity index (χ0v) is 17.5. The topological polar surface area (TPSA) is 80.3 Å². The van der Waals surface area contributed by atoms with Crippen molar-refractivity contribution in [3.05, 3.63) is 23.8 Å². The van der Waals surface area contributed by atoms with Crippen LogP contribution in [0.15, 0.2) is 18.2 Å². The van der Waals surface area contributed by atoms with Gasteiger partial charge in [0, 0.05) is 32.7 Å². The van der Waals surface area contributed by atoms with Crippen molar-refractivity contribution in [2.75, 3.05) is 46.0 Å². The van der Waals surface area contributed by atoms with Crippen molar-refractivity contribution in [3.8, 4) is 11.5 Å². The van der Waals surface area contributed by atoms with E-state index < -0.39 is 12.1 Å². The first-order valence-corrected chi connectivity index (χ1v) is 10.3. The summed E-state index contributed by atoms with van der Waals surface area (Å²) in [6.45, 7) is 10.7. The third-order valence-electron chi connectivity index (χ3n) is 5.18. The fourth-order valence-electron chi connectivity index (χ4n) is 3.58. The minimum Gasteiger partial charge on any atom is -0.486 e. The van der Waals surface area contributed by atoms with Crippen molar-refractivity contribution in [1.29, 1.82) is 0 Å². The Morgan fingerprint density at radius 2 is 1.79 bits per heavy atom. The lowest BCUT2D eigenvalue weighted by Crippen LogP contribution is -2.56. The SMILES string of the molecule is CCOC(=O)NC(C(=O)N1CCN(Cc2ccc3c(c2)OCCO3)CC1)C(C)C. The number of amides is 2. The van der Waals surface area contributed by atoms with Crippen LogP contribution in [0, 0.1) is 5.92 Å². The molecule has 3 rings (SSSR count). The molecule has 2 aliphatic heterocycles. The molecule has 0 aromatic heterocycles. The van der Waals surface area contributed by atoms with Gasteiger partial charge in [0.2, 0.25) is 5.91 Å². The van der Waals surface area contributed by atoms with E-state index in [1.165, 1.54) is 0 Å². The monoisotopic (exact) mass is 405 g/mol. The summed E-state index contributed by atoms with van der Waals surface area (Å²) in [7, 11) is 0. The molecule has 29 heavy (non-hydrogen) atoms. The van der Waals surface area contributed by atoms with Crippen LogP contribution >= 0.6 is 0 Å². The van der Waals surface area contributed by atoms with Gasteiger partial charge in [-0.15, -0.1) is 0 Å². The third kappa shape index (κ3) is 5.53. The van der Waals surface area contributed by atoms with Gasteiger partial charge in [-0.05, 0) is 30.5 Å². The molecule has 1 aromatic rings. The predicted octanol–water partition coefficient (Wildman–Crippen LogP) is 1.87. The van der Waals surface area contributed by atoms with E-state index in [0.29, 0.717) is 26.3 Å². The number of piperazine rings is 1. The molecule has 2 heterocycles. The number of carbonyl (C=O) groups excluding carboxylic acids is 2. The molecule has 2 amide bonds. The van der Waals surface area contributed by atoms with Gasteiger partial charge in [0.1, 0.15) is 19.3 Å². The Hall–Kier alpha value is -2.48. The minimum absolute atomic E-state index is 0.0114. The summed E-state index contributed by atoms with van der Waals surface area (Å²) in [5.41, 5.74) is 1.16. The van der Waals surface area contributed by atoms with Crippen LogP contribution in [0.25, 0.3) is 0 Å². The lowest BCUT2D eigenvalue weighted by molar-refractivity contribution is -0.136. The Kier molecular flexibility index (Phi) is 7.19. The van der Waals surface area contributed by atoms with Crippen molar-refractivity contribution >= 4 is 12.0 Å². The first-order valence-electron chi connectivity index (χ1n) is 10.3. The molecule has 1 aromatic carbocycles. The maximum atomic E-state index is 12.9. The van der Waals surface area contributed by atoms with E-state index in [4.69, 9.17) is 14.2 Å². The van der Waals surface area contributed by atoms with Gasteiger partial charge in [-0.2, -0.15) is 0 Å². The molecule has 160 valence electrons. The molecule has 1 unspecified atom stereocenters. The summed E-state index contributed by atoms with van der Waals surface area (Å²) in [4.78, 5) is 28.8. The maximum Gasteiger partial charge on any atom is 0.407 e. The Morgan fingerprint density at radius 3 is 2.45 bits per heavy atom.